The molecule has 2 heterocycles. The Balaban J connectivity index is 0.000000308. The van der Waals surface area contributed by atoms with Gasteiger partial charge in [0.05, 0.1) is 39.4 Å². The molecule has 11 heteroatoms. The van der Waals surface area contributed by atoms with Gasteiger partial charge in [-0.15, -0.1) is 0 Å². The van der Waals surface area contributed by atoms with E-state index in [-0.39, 0.29) is 0 Å². The summed E-state index contributed by atoms with van der Waals surface area (Å²) >= 11 is 0. The topological polar surface area (TPSA) is 156 Å². The van der Waals surface area contributed by atoms with Crippen molar-refractivity contribution in [2.45, 2.75) is 25.2 Å². The molecular weight excluding hydrogens is 474 g/mol. The van der Waals surface area contributed by atoms with Crippen LogP contribution in [0.5, 0.6) is 23.0 Å². The minimum Gasteiger partial charge on any atom is -0.493 e. The van der Waals surface area contributed by atoms with E-state index < -0.39 is 24.1 Å². The molecule has 0 radical (unpaired) electrons. The first-order valence-electron chi connectivity index (χ1n) is 10.8. The average Bonchev–Trinajstić information content (AvgIpc) is 2.89. The summed E-state index contributed by atoms with van der Waals surface area (Å²) < 4.78 is 24.3. The number of carbonyl (C=O) groups is 2. The molecule has 0 bridgehead atoms. The highest BCUT2D eigenvalue weighted by molar-refractivity contribution is 5.91. The number of pyridine rings is 1. The van der Waals surface area contributed by atoms with E-state index in [1.54, 1.807) is 28.4 Å². The fourth-order valence-electron chi connectivity index (χ4n) is 3.98. The monoisotopic (exact) mass is 502 g/mol. The summed E-state index contributed by atoms with van der Waals surface area (Å²) in [5.41, 5.74) is 3.60. The number of fused-ring (bicyclic) bond motifs is 4. The van der Waals surface area contributed by atoms with Gasteiger partial charge in [-0.05, 0) is 35.2 Å². The molecule has 1 aliphatic rings. The number of aromatic nitrogens is 1. The van der Waals surface area contributed by atoms with Gasteiger partial charge in [0.1, 0.15) is 0 Å². The molecule has 11 nitrogen and oxygen atoms in total. The molecule has 0 aliphatic carbocycles. The van der Waals surface area contributed by atoms with Crippen LogP contribution < -0.4 is 23.5 Å². The number of hydrogen-bond acceptors (Lipinski definition) is 8. The number of aryl methyl sites for hydroxylation is 2. The molecule has 36 heavy (non-hydrogen) atoms. The van der Waals surface area contributed by atoms with Gasteiger partial charge < -0.3 is 39.4 Å². The van der Waals surface area contributed by atoms with Gasteiger partial charge in [0.2, 0.25) is 5.69 Å². The zero-order chi connectivity index (χ0) is 26.6. The van der Waals surface area contributed by atoms with Gasteiger partial charge in [-0.1, -0.05) is 0 Å². The summed E-state index contributed by atoms with van der Waals surface area (Å²) in [5.74, 6) is -0.523. The molecule has 2 aromatic carbocycles. The Bertz CT molecular complexity index is 1270. The van der Waals surface area contributed by atoms with Crippen molar-refractivity contribution in [3.05, 3.63) is 42.1 Å². The van der Waals surface area contributed by atoms with Crippen LogP contribution in [-0.4, -0.2) is 73.0 Å². The fourth-order valence-corrected chi connectivity index (χ4v) is 3.98. The smallest absolute Gasteiger partial charge is 0.335 e. The Kier molecular flexibility index (Phi) is 8.18. The molecule has 0 unspecified atom stereocenters. The van der Waals surface area contributed by atoms with Gasteiger partial charge in [-0.25, -0.2) is 9.59 Å². The van der Waals surface area contributed by atoms with E-state index in [1.165, 1.54) is 11.1 Å². The maximum absolute atomic E-state index is 9.77. The van der Waals surface area contributed by atoms with Gasteiger partial charge in [0.15, 0.2) is 47.9 Å². The Labute approximate surface area is 206 Å². The molecule has 0 saturated carbocycles. The molecule has 0 fully saturated rings. The van der Waals surface area contributed by atoms with Crippen LogP contribution in [0, 0.1) is 0 Å². The summed E-state index contributed by atoms with van der Waals surface area (Å²) in [6.07, 6.45) is -1.45. The first-order valence-corrected chi connectivity index (χ1v) is 10.8. The lowest BCUT2D eigenvalue weighted by atomic mass is 9.95. The maximum Gasteiger partial charge on any atom is 0.335 e. The third-order valence-corrected chi connectivity index (χ3v) is 5.82. The molecule has 0 amide bonds. The Morgan fingerprint density at radius 1 is 0.833 bits per heavy atom. The summed E-state index contributed by atoms with van der Waals surface area (Å²) in [7, 11) is 6.67. The van der Waals surface area contributed by atoms with E-state index in [4.69, 9.17) is 39.4 Å². The van der Waals surface area contributed by atoms with Gasteiger partial charge in [0.25, 0.3) is 0 Å². The molecular formula is C25H28NO10+. The number of methoxy groups -OCH3 is 4. The van der Waals surface area contributed by atoms with Crippen molar-refractivity contribution in [2.75, 3.05) is 28.4 Å². The van der Waals surface area contributed by atoms with Crippen LogP contribution in [-0.2, 0) is 22.6 Å². The van der Waals surface area contributed by atoms with Gasteiger partial charge in [0, 0.05) is 12.5 Å². The minimum atomic E-state index is -2.27. The summed E-state index contributed by atoms with van der Waals surface area (Å²) in [6.45, 7) is 0.897. The molecule has 0 saturated heterocycles. The van der Waals surface area contributed by atoms with Crippen molar-refractivity contribution in [1.29, 1.82) is 0 Å². The molecule has 192 valence electrons. The first-order chi connectivity index (χ1) is 17.2. The second-order valence-corrected chi connectivity index (χ2v) is 7.84. The minimum absolute atomic E-state index is 0.739. The highest BCUT2D eigenvalue weighted by atomic mass is 16.5. The molecule has 1 aliphatic heterocycles. The van der Waals surface area contributed by atoms with Crippen molar-refractivity contribution in [1.82, 2.24) is 0 Å². The lowest BCUT2D eigenvalue weighted by Crippen LogP contribution is -2.40. The summed E-state index contributed by atoms with van der Waals surface area (Å²) in [4.78, 5) is 19.5. The third kappa shape index (κ3) is 5.11. The number of aliphatic hydroxyl groups is 2. The number of carboxylic acid groups (broad SMARTS) is 2. The lowest BCUT2D eigenvalue weighted by molar-refractivity contribution is -0.686. The molecule has 2 atom stereocenters. The summed E-state index contributed by atoms with van der Waals surface area (Å²) in [6, 6.07) is 10.3. The van der Waals surface area contributed by atoms with Crippen LogP contribution in [0.3, 0.4) is 0 Å². The highest BCUT2D eigenvalue weighted by Gasteiger charge is 2.29. The quantitative estimate of drug-likeness (QED) is 0.347. The number of aliphatic hydroxyl groups excluding tert-OH is 2. The standard InChI is InChI=1S/C21H22NO4.C4H6O6/c1-23-18-6-5-13-9-17-15-11-20(25-3)19(24-2)10-14(15)7-8-22(17)12-16(13)21(18)26-4;5-1(3(7)8)2(6)4(9)10/h5-6,9-12H,7-8H2,1-4H3;1-2,5-6H,(H,7,8)(H,9,10)/q+1;/t;1-,2-/m.1/s1. The van der Waals surface area contributed by atoms with E-state index in [2.05, 4.69) is 35.0 Å². The van der Waals surface area contributed by atoms with E-state index in [9.17, 15) is 9.59 Å². The van der Waals surface area contributed by atoms with Gasteiger partial charge in [-0.2, -0.15) is 4.57 Å². The molecule has 1 aromatic heterocycles. The van der Waals surface area contributed by atoms with Crippen molar-refractivity contribution >= 4 is 22.7 Å². The number of benzene rings is 2. The number of nitrogens with zero attached hydrogens (tertiary/aromatic N) is 1. The number of aliphatic carboxylic acids is 2. The van der Waals surface area contributed by atoms with Crippen molar-refractivity contribution in [3.63, 3.8) is 0 Å². The van der Waals surface area contributed by atoms with E-state index in [0.717, 1.165) is 52.4 Å². The average molecular weight is 502 g/mol. The van der Waals surface area contributed by atoms with Crippen molar-refractivity contribution < 1.29 is 53.5 Å². The molecule has 4 rings (SSSR count). The number of ether oxygens (including phenoxy) is 4. The molecule has 3 aromatic rings. The number of carboxylic acids is 2. The number of rotatable bonds is 7. The predicted molar refractivity (Wildman–Crippen MR) is 127 cm³/mol. The van der Waals surface area contributed by atoms with E-state index in [1.807, 2.05) is 6.07 Å². The normalized spacial score (nSPS) is 13.3. The second-order valence-electron chi connectivity index (χ2n) is 7.84. The van der Waals surface area contributed by atoms with Crippen LogP contribution in [0.15, 0.2) is 36.5 Å². The van der Waals surface area contributed by atoms with E-state index >= 15 is 0 Å². The molecule has 0 spiro atoms. The molecule has 4 N–H and O–H groups in total. The van der Waals surface area contributed by atoms with Crippen LogP contribution in [0.1, 0.15) is 5.56 Å². The van der Waals surface area contributed by atoms with Crippen LogP contribution in [0.4, 0.5) is 0 Å². The van der Waals surface area contributed by atoms with Crippen LogP contribution >= 0.6 is 0 Å². The third-order valence-electron chi connectivity index (χ3n) is 5.82. The Morgan fingerprint density at radius 2 is 1.42 bits per heavy atom. The zero-order valence-corrected chi connectivity index (χ0v) is 20.2. The first kappa shape index (κ1) is 26.5. The van der Waals surface area contributed by atoms with Gasteiger partial charge in [-0.3, -0.25) is 0 Å². The predicted octanol–water partition coefficient (Wildman–Crippen LogP) is 1.26. The number of hydrogen-bond donors (Lipinski definition) is 4. The van der Waals surface area contributed by atoms with Gasteiger partial charge >= 0.3 is 11.9 Å². The Hall–Kier alpha value is -4.09. The van der Waals surface area contributed by atoms with Crippen LogP contribution in [0.25, 0.3) is 22.0 Å². The fraction of sp³-hybridized carbons (Fsp3) is 0.320. The lowest BCUT2D eigenvalue weighted by Gasteiger charge is -2.19. The van der Waals surface area contributed by atoms with Crippen LogP contribution in [0.2, 0.25) is 0 Å². The highest BCUT2D eigenvalue weighted by Crippen LogP contribution is 2.39. The van der Waals surface area contributed by atoms with E-state index in [0.29, 0.717) is 0 Å². The summed E-state index contributed by atoms with van der Waals surface area (Å²) in [5, 5.41) is 34.7. The second kappa shape index (κ2) is 11.1. The largest absolute Gasteiger partial charge is 0.493 e. The SMILES string of the molecule is COc1cc2c(cc1OC)-c1cc3ccc(OC)c(OC)c3c[n+]1CC2.O=C(O)[C@H](O)[C@@H](O)C(=O)O. The maximum atomic E-state index is 9.77. The zero-order valence-electron chi connectivity index (χ0n) is 20.2. The Morgan fingerprint density at radius 3 is 1.94 bits per heavy atom. The van der Waals surface area contributed by atoms with Crippen molar-refractivity contribution in [2.24, 2.45) is 0 Å². The van der Waals surface area contributed by atoms with Crippen molar-refractivity contribution in [3.8, 4) is 34.3 Å².